The number of nitrogens with one attached hydrogen (secondary N) is 1. The topological polar surface area (TPSA) is 75.7 Å². The molecular formula is C24H20N2O4. The number of benzene rings is 3. The van der Waals surface area contributed by atoms with Gasteiger partial charge in [-0.3, -0.25) is 14.4 Å². The lowest BCUT2D eigenvalue weighted by Gasteiger charge is -2.14. The Morgan fingerprint density at radius 1 is 0.833 bits per heavy atom. The molecule has 1 heterocycles. The predicted octanol–water partition coefficient (Wildman–Crippen LogP) is 4.53. The molecule has 1 aliphatic heterocycles. The second kappa shape index (κ2) is 7.83. The van der Waals surface area contributed by atoms with Gasteiger partial charge in [0.1, 0.15) is 5.75 Å². The Kier molecular flexibility index (Phi) is 5.06. The molecule has 0 spiro atoms. The zero-order valence-electron chi connectivity index (χ0n) is 16.6. The van der Waals surface area contributed by atoms with Gasteiger partial charge in [0.25, 0.3) is 17.7 Å². The van der Waals surface area contributed by atoms with Crippen molar-refractivity contribution in [2.24, 2.45) is 0 Å². The fourth-order valence-electron chi connectivity index (χ4n) is 3.28. The van der Waals surface area contributed by atoms with Gasteiger partial charge in [0, 0.05) is 11.3 Å². The quantitative estimate of drug-likeness (QED) is 0.639. The van der Waals surface area contributed by atoms with Gasteiger partial charge in [-0.15, -0.1) is 0 Å². The van der Waals surface area contributed by atoms with Crippen LogP contribution in [0.25, 0.3) is 0 Å². The molecule has 0 saturated heterocycles. The summed E-state index contributed by atoms with van der Waals surface area (Å²) in [5, 5.41) is 2.81. The molecule has 6 nitrogen and oxygen atoms in total. The van der Waals surface area contributed by atoms with Gasteiger partial charge in [-0.1, -0.05) is 12.1 Å². The van der Waals surface area contributed by atoms with Gasteiger partial charge in [-0.2, -0.15) is 0 Å². The fourth-order valence-corrected chi connectivity index (χ4v) is 3.28. The molecule has 3 aromatic carbocycles. The molecule has 4 rings (SSSR count). The Morgan fingerprint density at radius 2 is 1.40 bits per heavy atom. The summed E-state index contributed by atoms with van der Waals surface area (Å²) >= 11 is 0. The maximum Gasteiger partial charge on any atom is 0.266 e. The van der Waals surface area contributed by atoms with Crippen molar-refractivity contribution in [3.05, 3.63) is 89.5 Å². The van der Waals surface area contributed by atoms with Crippen LogP contribution in [0, 0.1) is 0 Å². The van der Waals surface area contributed by atoms with Crippen LogP contribution < -0.4 is 15.0 Å². The van der Waals surface area contributed by atoms with Gasteiger partial charge in [0.05, 0.1) is 22.9 Å². The normalized spacial score (nSPS) is 12.8. The van der Waals surface area contributed by atoms with Gasteiger partial charge in [-0.25, -0.2) is 4.90 Å². The summed E-state index contributed by atoms with van der Waals surface area (Å²) < 4.78 is 5.58. The minimum Gasteiger partial charge on any atom is -0.491 e. The number of nitrogens with zero attached hydrogens (tertiary/aromatic N) is 1. The third-order valence-corrected chi connectivity index (χ3v) is 4.67. The summed E-state index contributed by atoms with van der Waals surface area (Å²) in [7, 11) is 0. The molecule has 0 atom stereocenters. The second-order valence-electron chi connectivity index (χ2n) is 7.18. The maximum absolute atomic E-state index is 12.6. The highest BCUT2D eigenvalue weighted by Gasteiger charge is 2.36. The van der Waals surface area contributed by atoms with E-state index in [2.05, 4.69) is 5.32 Å². The number of rotatable bonds is 5. The van der Waals surface area contributed by atoms with Crippen LogP contribution in [0.5, 0.6) is 5.75 Å². The van der Waals surface area contributed by atoms with E-state index in [1.165, 1.54) is 0 Å². The van der Waals surface area contributed by atoms with Crippen molar-refractivity contribution in [3.63, 3.8) is 0 Å². The van der Waals surface area contributed by atoms with E-state index in [4.69, 9.17) is 4.74 Å². The number of ether oxygens (including phenoxy) is 1. The molecule has 0 radical (unpaired) electrons. The predicted molar refractivity (Wildman–Crippen MR) is 114 cm³/mol. The highest BCUT2D eigenvalue weighted by atomic mass is 16.5. The summed E-state index contributed by atoms with van der Waals surface area (Å²) in [4.78, 5) is 38.8. The molecule has 1 N–H and O–H groups in total. The number of amides is 3. The standard InChI is InChI=1S/C24H20N2O4/c1-15(2)30-19-13-7-16(8-14-19)22(27)25-17-9-11-18(12-10-17)26-23(28)20-5-3-4-6-21(20)24(26)29/h3-15H,1-2H3,(H,25,27). The first-order chi connectivity index (χ1) is 14.4. The van der Waals surface area contributed by atoms with Crippen molar-refractivity contribution in [1.29, 1.82) is 0 Å². The summed E-state index contributed by atoms with van der Waals surface area (Å²) in [6.45, 7) is 3.87. The van der Waals surface area contributed by atoms with Crippen LogP contribution in [0.3, 0.4) is 0 Å². The highest BCUT2D eigenvalue weighted by molar-refractivity contribution is 6.34. The zero-order chi connectivity index (χ0) is 21.3. The third kappa shape index (κ3) is 3.67. The fraction of sp³-hybridized carbons (Fsp3) is 0.125. The molecule has 0 unspecified atom stereocenters. The minimum atomic E-state index is -0.351. The van der Waals surface area contributed by atoms with E-state index < -0.39 is 0 Å². The molecule has 0 aromatic heterocycles. The number of fused-ring (bicyclic) bond motifs is 1. The van der Waals surface area contributed by atoms with Crippen LogP contribution in [-0.4, -0.2) is 23.8 Å². The molecule has 3 amide bonds. The molecular weight excluding hydrogens is 380 g/mol. The van der Waals surface area contributed by atoms with Crippen molar-refractivity contribution in [2.45, 2.75) is 20.0 Å². The lowest BCUT2D eigenvalue weighted by atomic mass is 10.1. The first-order valence-electron chi connectivity index (χ1n) is 9.60. The second-order valence-corrected chi connectivity index (χ2v) is 7.18. The molecule has 6 heteroatoms. The molecule has 0 aliphatic carbocycles. The molecule has 150 valence electrons. The number of hydrogen-bond acceptors (Lipinski definition) is 4. The van der Waals surface area contributed by atoms with E-state index >= 15 is 0 Å². The van der Waals surface area contributed by atoms with E-state index in [-0.39, 0.29) is 23.8 Å². The summed E-state index contributed by atoms with van der Waals surface area (Å²) in [6, 6.07) is 20.2. The number of anilines is 2. The van der Waals surface area contributed by atoms with Crippen molar-refractivity contribution in [3.8, 4) is 5.75 Å². The van der Waals surface area contributed by atoms with Crippen LogP contribution in [0.1, 0.15) is 44.9 Å². The van der Waals surface area contributed by atoms with Gasteiger partial charge >= 0.3 is 0 Å². The monoisotopic (exact) mass is 400 g/mol. The van der Waals surface area contributed by atoms with Crippen molar-refractivity contribution in [2.75, 3.05) is 10.2 Å². The maximum atomic E-state index is 12.6. The zero-order valence-corrected chi connectivity index (χ0v) is 16.6. The van der Waals surface area contributed by atoms with Crippen molar-refractivity contribution < 1.29 is 19.1 Å². The van der Waals surface area contributed by atoms with Crippen LogP contribution in [-0.2, 0) is 0 Å². The summed E-state index contributed by atoms with van der Waals surface area (Å²) in [5.74, 6) is -0.265. The van der Waals surface area contributed by atoms with E-state index in [0.717, 1.165) is 4.90 Å². The number of carbonyl (C=O) groups excluding carboxylic acids is 3. The SMILES string of the molecule is CC(C)Oc1ccc(C(=O)Nc2ccc(N3C(=O)c4ccccc4C3=O)cc2)cc1. The molecule has 0 bridgehead atoms. The average molecular weight is 400 g/mol. The first-order valence-corrected chi connectivity index (χ1v) is 9.60. The van der Waals surface area contributed by atoms with Gasteiger partial charge in [0.2, 0.25) is 0 Å². The Morgan fingerprint density at radius 3 is 1.93 bits per heavy atom. The van der Waals surface area contributed by atoms with Gasteiger partial charge in [-0.05, 0) is 74.5 Å². The number of imide groups is 1. The molecule has 0 saturated carbocycles. The molecule has 1 aliphatic rings. The summed E-state index contributed by atoms with van der Waals surface area (Å²) in [5.41, 5.74) is 2.29. The Labute approximate surface area is 174 Å². The first kappa shape index (κ1) is 19.4. The largest absolute Gasteiger partial charge is 0.491 e. The Bertz CT molecular complexity index is 1080. The van der Waals surface area contributed by atoms with E-state index in [9.17, 15) is 14.4 Å². The lowest BCUT2D eigenvalue weighted by Crippen LogP contribution is -2.29. The van der Waals surface area contributed by atoms with E-state index in [1.54, 1.807) is 72.8 Å². The van der Waals surface area contributed by atoms with E-state index in [1.807, 2.05) is 13.8 Å². The Balaban J connectivity index is 1.46. The van der Waals surface area contributed by atoms with E-state index in [0.29, 0.717) is 33.8 Å². The summed E-state index contributed by atoms with van der Waals surface area (Å²) in [6.07, 6.45) is 0.0605. The van der Waals surface area contributed by atoms with Crippen LogP contribution in [0.4, 0.5) is 11.4 Å². The Hall–Kier alpha value is -3.93. The number of carbonyl (C=O) groups is 3. The van der Waals surface area contributed by atoms with Crippen molar-refractivity contribution >= 4 is 29.1 Å². The lowest BCUT2D eigenvalue weighted by molar-refractivity contribution is 0.0924. The third-order valence-electron chi connectivity index (χ3n) is 4.67. The van der Waals surface area contributed by atoms with Crippen LogP contribution in [0.2, 0.25) is 0 Å². The molecule has 0 fully saturated rings. The average Bonchev–Trinajstić information content (AvgIpc) is 2.99. The smallest absolute Gasteiger partial charge is 0.266 e. The van der Waals surface area contributed by atoms with Crippen LogP contribution in [0.15, 0.2) is 72.8 Å². The van der Waals surface area contributed by atoms with Gasteiger partial charge < -0.3 is 10.1 Å². The van der Waals surface area contributed by atoms with Crippen LogP contribution >= 0.6 is 0 Å². The molecule has 3 aromatic rings. The minimum absolute atomic E-state index is 0.0605. The van der Waals surface area contributed by atoms with Crippen molar-refractivity contribution in [1.82, 2.24) is 0 Å². The molecule has 30 heavy (non-hydrogen) atoms. The highest BCUT2D eigenvalue weighted by Crippen LogP contribution is 2.29. The number of hydrogen-bond donors (Lipinski definition) is 1. The van der Waals surface area contributed by atoms with Gasteiger partial charge in [0.15, 0.2) is 0 Å².